The summed E-state index contributed by atoms with van der Waals surface area (Å²) in [6, 6.07) is 5.05. The number of ether oxygens (including phenoxy) is 1. The van der Waals surface area contributed by atoms with Crippen molar-refractivity contribution in [3.63, 3.8) is 0 Å². The Hall–Kier alpha value is -1.40. The lowest BCUT2D eigenvalue weighted by Gasteiger charge is -2.22. The molecule has 1 aliphatic rings. The third-order valence-corrected chi connectivity index (χ3v) is 4.02. The summed E-state index contributed by atoms with van der Waals surface area (Å²) in [6.07, 6.45) is 0.444. The average molecular weight is 282 g/mol. The van der Waals surface area contributed by atoms with Crippen molar-refractivity contribution in [1.82, 2.24) is 5.32 Å². The molecule has 0 aliphatic carbocycles. The van der Waals surface area contributed by atoms with Crippen LogP contribution in [-0.2, 0) is 4.79 Å². The lowest BCUT2D eigenvalue weighted by molar-refractivity contribution is -0.116. The number of rotatable bonds is 4. The molecule has 0 radical (unpaired) electrons. The standard InChI is InChI=1S/C13H18N2O3S/c1-18-12-3-2-9(6-11(12)16)15-13(17)7-10-8-19-5-4-14-10/h2-3,6,10,14,16H,4-5,7-8H2,1H3,(H,15,17). The first kappa shape index (κ1) is 14.0. The highest BCUT2D eigenvalue weighted by molar-refractivity contribution is 7.99. The van der Waals surface area contributed by atoms with Crippen LogP contribution in [0.15, 0.2) is 18.2 Å². The second-order valence-electron chi connectivity index (χ2n) is 4.36. The molecule has 104 valence electrons. The van der Waals surface area contributed by atoms with Gasteiger partial charge in [-0.25, -0.2) is 0 Å². The zero-order valence-corrected chi connectivity index (χ0v) is 11.6. The van der Waals surface area contributed by atoms with Gasteiger partial charge < -0.3 is 20.5 Å². The van der Waals surface area contributed by atoms with E-state index < -0.39 is 0 Å². The Kier molecular flexibility index (Phi) is 4.93. The van der Waals surface area contributed by atoms with Gasteiger partial charge in [-0.2, -0.15) is 11.8 Å². The Morgan fingerprint density at radius 1 is 1.63 bits per heavy atom. The molecule has 5 nitrogen and oxygen atoms in total. The largest absolute Gasteiger partial charge is 0.504 e. The van der Waals surface area contributed by atoms with E-state index >= 15 is 0 Å². The molecule has 1 amide bonds. The smallest absolute Gasteiger partial charge is 0.225 e. The lowest BCUT2D eigenvalue weighted by atomic mass is 10.2. The fraction of sp³-hybridized carbons (Fsp3) is 0.462. The Labute approximate surface area is 116 Å². The normalized spacial score (nSPS) is 18.9. The average Bonchev–Trinajstić information content (AvgIpc) is 2.40. The third-order valence-electron chi connectivity index (χ3n) is 2.89. The summed E-state index contributed by atoms with van der Waals surface area (Å²) in [7, 11) is 1.49. The number of amides is 1. The Bertz CT molecular complexity index is 448. The van der Waals surface area contributed by atoms with Gasteiger partial charge in [-0.15, -0.1) is 0 Å². The molecule has 1 unspecified atom stereocenters. The topological polar surface area (TPSA) is 70.6 Å². The monoisotopic (exact) mass is 282 g/mol. The molecule has 1 aromatic rings. The fourth-order valence-electron chi connectivity index (χ4n) is 1.95. The number of anilines is 1. The molecule has 19 heavy (non-hydrogen) atoms. The summed E-state index contributed by atoms with van der Waals surface area (Å²) >= 11 is 1.86. The van der Waals surface area contributed by atoms with Crippen molar-refractivity contribution < 1.29 is 14.6 Å². The maximum atomic E-state index is 11.9. The van der Waals surface area contributed by atoms with Gasteiger partial charge in [0, 0.05) is 42.3 Å². The number of phenolic OH excluding ortho intramolecular Hbond substituents is 1. The Morgan fingerprint density at radius 2 is 2.47 bits per heavy atom. The SMILES string of the molecule is COc1ccc(NC(=O)CC2CSCCN2)cc1O. The van der Waals surface area contributed by atoms with E-state index in [0.717, 1.165) is 18.1 Å². The van der Waals surface area contributed by atoms with Crippen molar-refractivity contribution in [2.45, 2.75) is 12.5 Å². The second-order valence-corrected chi connectivity index (χ2v) is 5.51. The van der Waals surface area contributed by atoms with E-state index in [1.165, 1.54) is 13.2 Å². The minimum atomic E-state index is -0.0513. The van der Waals surface area contributed by atoms with Gasteiger partial charge in [0.25, 0.3) is 0 Å². The molecular weight excluding hydrogens is 264 g/mol. The van der Waals surface area contributed by atoms with Crippen LogP contribution >= 0.6 is 11.8 Å². The predicted octanol–water partition coefficient (Wildman–Crippen LogP) is 1.43. The summed E-state index contributed by atoms with van der Waals surface area (Å²) in [5.41, 5.74) is 0.576. The van der Waals surface area contributed by atoms with E-state index in [2.05, 4.69) is 10.6 Å². The maximum absolute atomic E-state index is 11.9. The van der Waals surface area contributed by atoms with Crippen LogP contribution in [0, 0.1) is 0 Å². The summed E-state index contributed by atoms with van der Waals surface area (Å²) in [4.78, 5) is 11.9. The van der Waals surface area contributed by atoms with E-state index in [0.29, 0.717) is 17.9 Å². The van der Waals surface area contributed by atoms with Crippen molar-refractivity contribution in [1.29, 1.82) is 0 Å². The van der Waals surface area contributed by atoms with E-state index in [-0.39, 0.29) is 17.7 Å². The van der Waals surface area contributed by atoms with Crippen LogP contribution < -0.4 is 15.4 Å². The van der Waals surface area contributed by atoms with Crippen LogP contribution in [0.5, 0.6) is 11.5 Å². The highest BCUT2D eigenvalue weighted by Gasteiger charge is 2.16. The molecule has 1 aliphatic heterocycles. The molecule has 1 aromatic carbocycles. The highest BCUT2D eigenvalue weighted by Crippen LogP contribution is 2.28. The van der Waals surface area contributed by atoms with Crippen molar-refractivity contribution >= 4 is 23.4 Å². The lowest BCUT2D eigenvalue weighted by Crippen LogP contribution is -2.39. The van der Waals surface area contributed by atoms with E-state index in [9.17, 15) is 9.90 Å². The molecule has 6 heteroatoms. The van der Waals surface area contributed by atoms with E-state index in [1.54, 1.807) is 12.1 Å². The van der Waals surface area contributed by atoms with Crippen molar-refractivity contribution in [2.75, 3.05) is 30.5 Å². The van der Waals surface area contributed by atoms with E-state index in [1.807, 2.05) is 11.8 Å². The second kappa shape index (κ2) is 6.68. The number of methoxy groups -OCH3 is 1. The number of benzene rings is 1. The number of hydrogen-bond donors (Lipinski definition) is 3. The van der Waals surface area contributed by atoms with Crippen LogP contribution in [0.3, 0.4) is 0 Å². The van der Waals surface area contributed by atoms with Crippen molar-refractivity contribution in [2.24, 2.45) is 0 Å². The van der Waals surface area contributed by atoms with Gasteiger partial charge in [0.1, 0.15) is 0 Å². The number of thioether (sulfide) groups is 1. The van der Waals surface area contributed by atoms with Crippen LogP contribution in [-0.4, -0.2) is 42.2 Å². The zero-order chi connectivity index (χ0) is 13.7. The van der Waals surface area contributed by atoms with Crippen LogP contribution in [0.25, 0.3) is 0 Å². The van der Waals surface area contributed by atoms with Gasteiger partial charge in [-0.05, 0) is 12.1 Å². The molecule has 1 heterocycles. The molecule has 1 saturated heterocycles. The molecule has 0 aromatic heterocycles. The number of carbonyl (C=O) groups is 1. The number of phenols is 1. The predicted molar refractivity (Wildman–Crippen MR) is 77.0 cm³/mol. The summed E-state index contributed by atoms with van der Waals surface area (Å²) in [6.45, 7) is 0.950. The molecule has 1 atom stereocenters. The van der Waals surface area contributed by atoms with Gasteiger partial charge in [0.2, 0.25) is 5.91 Å². The van der Waals surface area contributed by atoms with Crippen molar-refractivity contribution in [3.8, 4) is 11.5 Å². The molecule has 0 bridgehead atoms. The number of hydrogen-bond acceptors (Lipinski definition) is 5. The zero-order valence-electron chi connectivity index (χ0n) is 10.8. The molecule has 0 spiro atoms. The number of carbonyl (C=O) groups excluding carboxylic acids is 1. The fourth-order valence-corrected chi connectivity index (χ4v) is 2.90. The van der Waals surface area contributed by atoms with Gasteiger partial charge >= 0.3 is 0 Å². The van der Waals surface area contributed by atoms with Gasteiger partial charge in [0.05, 0.1) is 7.11 Å². The Morgan fingerprint density at radius 3 is 3.11 bits per heavy atom. The first-order valence-corrected chi connectivity index (χ1v) is 7.32. The van der Waals surface area contributed by atoms with Crippen molar-refractivity contribution in [3.05, 3.63) is 18.2 Å². The van der Waals surface area contributed by atoms with Crippen LogP contribution in [0.4, 0.5) is 5.69 Å². The minimum absolute atomic E-state index is 0.0200. The maximum Gasteiger partial charge on any atom is 0.225 e. The Balaban J connectivity index is 1.89. The molecule has 3 N–H and O–H groups in total. The van der Waals surface area contributed by atoms with Crippen LogP contribution in [0.2, 0.25) is 0 Å². The highest BCUT2D eigenvalue weighted by atomic mass is 32.2. The molecule has 2 rings (SSSR count). The minimum Gasteiger partial charge on any atom is -0.504 e. The van der Waals surface area contributed by atoms with Crippen LogP contribution in [0.1, 0.15) is 6.42 Å². The third kappa shape index (κ3) is 4.04. The van der Waals surface area contributed by atoms with Gasteiger partial charge in [-0.1, -0.05) is 0 Å². The van der Waals surface area contributed by atoms with Gasteiger partial charge in [0.15, 0.2) is 11.5 Å². The summed E-state index contributed by atoms with van der Waals surface area (Å²) in [5, 5.41) is 15.7. The number of aromatic hydroxyl groups is 1. The molecule has 0 saturated carbocycles. The first-order chi connectivity index (χ1) is 9.19. The first-order valence-electron chi connectivity index (χ1n) is 6.17. The summed E-state index contributed by atoms with van der Waals surface area (Å²) < 4.78 is 4.95. The van der Waals surface area contributed by atoms with Gasteiger partial charge in [-0.3, -0.25) is 4.79 Å². The van der Waals surface area contributed by atoms with E-state index in [4.69, 9.17) is 4.74 Å². The quantitative estimate of drug-likeness (QED) is 0.779. The molecular formula is C13H18N2O3S. The number of nitrogens with one attached hydrogen (secondary N) is 2. The molecule has 1 fully saturated rings. The summed E-state index contributed by atoms with van der Waals surface area (Å²) in [5.74, 6) is 2.42.